The maximum atomic E-state index is 12.4. The molecule has 1 aliphatic heterocycles. The summed E-state index contributed by atoms with van der Waals surface area (Å²) in [4.78, 5) is 27.4. The summed E-state index contributed by atoms with van der Waals surface area (Å²) in [7, 11) is 3.16. The fourth-order valence-corrected chi connectivity index (χ4v) is 2.59. The molecule has 1 heterocycles. The molecule has 0 spiro atoms. The molecule has 1 fully saturated rings. The van der Waals surface area contributed by atoms with Crippen LogP contribution in [0.4, 0.5) is 10.5 Å². The number of carbonyl (C=O) groups excluding carboxylic acids is 2. The van der Waals surface area contributed by atoms with Crippen LogP contribution in [0, 0.1) is 0 Å². The average Bonchev–Trinajstić information content (AvgIpc) is 2.66. The molecule has 0 saturated carbocycles. The van der Waals surface area contributed by atoms with Gasteiger partial charge in [0.25, 0.3) is 0 Å². The van der Waals surface area contributed by atoms with E-state index in [2.05, 4.69) is 5.32 Å². The molecule has 0 aliphatic carbocycles. The van der Waals surface area contributed by atoms with Crippen LogP contribution in [0.2, 0.25) is 0 Å². The number of methoxy groups -OCH3 is 2. The Balaban J connectivity index is 1.86. The minimum Gasteiger partial charge on any atom is -0.497 e. The van der Waals surface area contributed by atoms with E-state index in [9.17, 15) is 9.59 Å². The van der Waals surface area contributed by atoms with Gasteiger partial charge in [0.1, 0.15) is 11.5 Å². The van der Waals surface area contributed by atoms with Crippen molar-refractivity contribution in [3.8, 4) is 11.5 Å². The fraction of sp³-hybridized carbons (Fsp3) is 0.529. The largest absolute Gasteiger partial charge is 0.497 e. The number of hydrogen-bond acceptors (Lipinski definition) is 6. The Morgan fingerprint density at radius 2 is 1.76 bits per heavy atom. The standard InChI is InChI=1S/C17H25N3O5/c1-4-25-17(22)20-9-7-19(8-10-20)16(21)12-18-14-11-13(23-2)5-6-15(14)24-3/h5-6,11,18H,4,7-10,12H2,1-3H3. The Morgan fingerprint density at radius 1 is 1.08 bits per heavy atom. The number of carbonyl (C=O) groups is 2. The first-order valence-electron chi connectivity index (χ1n) is 8.24. The predicted octanol–water partition coefficient (Wildman–Crippen LogP) is 1.42. The summed E-state index contributed by atoms with van der Waals surface area (Å²) in [5.41, 5.74) is 0.695. The minimum absolute atomic E-state index is 0.0339. The van der Waals surface area contributed by atoms with Crippen LogP contribution in [0.5, 0.6) is 11.5 Å². The van der Waals surface area contributed by atoms with Crippen LogP contribution in [0.15, 0.2) is 18.2 Å². The topological polar surface area (TPSA) is 80.3 Å². The lowest BCUT2D eigenvalue weighted by molar-refractivity contribution is -0.130. The van der Waals surface area contributed by atoms with Crippen molar-refractivity contribution in [1.29, 1.82) is 0 Å². The number of anilines is 1. The number of piperazine rings is 1. The lowest BCUT2D eigenvalue weighted by atomic mass is 10.2. The quantitative estimate of drug-likeness (QED) is 0.835. The minimum atomic E-state index is -0.325. The highest BCUT2D eigenvalue weighted by Gasteiger charge is 2.24. The molecule has 0 aromatic heterocycles. The third-order valence-corrected chi connectivity index (χ3v) is 4.00. The van der Waals surface area contributed by atoms with Gasteiger partial charge in [0.05, 0.1) is 33.1 Å². The molecule has 1 aromatic carbocycles. The zero-order valence-electron chi connectivity index (χ0n) is 14.9. The van der Waals surface area contributed by atoms with Crippen molar-refractivity contribution >= 4 is 17.7 Å². The first-order valence-corrected chi connectivity index (χ1v) is 8.24. The van der Waals surface area contributed by atoms with Crippen molar-refractivity contribution in [3.63, 3.8) is 0 Å². The number of ether oxygens (including phenoxy) is 3. The van der Waals surface area contributed by atoms with Crippen LogP contribution < -0.4 is 14.8 Å². The molecule has 1 N–H and O–H groups in total. The van der Waals surface area contributed by atoms with E-state index in [4.69, 9.17) is 14.2 Å². The van der Waals surface area contributed by atoms with E-state index in [-0.39, 0.29) is 18.5 Å². The second kappa shape index (κ2) is 9.00. The van der Waals surface area contributed by atoms with Crippen LogP contribution in [-0.2, 0) is 9.53 Å². The van der Waals surface area contributed by atoms with E-state index in [1.54, 1.807) is 49.1 Å². The van der Waals surface area contributed by atoms with Crippen LogP contribution in [0.3, 0.4) is 0 Å². The van der Waals surface area contributed by atoms with Crippen LogP contribution in [0.1, 0.15) is 6.92 Å². The van der Waals surface area contributed by atoms with Crippen molar-refractivity contribution in [3.05, 3.63) is 18.2 Å². The van der Waals surface area contributed by atoms with E-state index in [0.717, 1.165) is 0 Å². The molecule has 1 aliphatic rings. The summed E-state index contributed by atoms with van der Waals surface area (Å²) in [6, 6.07) is 5.36. The van der Waals surface area contributed by atoms with Crippen molar-refractivity contribution in [2.75, 3.05) is 58.9 Å². The van der Waals surface area contributed by atoms with Gasteiger partial charge in [-0.25, -0.2) is 4.79 Å². The third-order valence-electron chi connectivity index (χ3n) is 4.00. The Morgan fingerprint density at radius 3 is 2.36 bits per heavy atom. The number of nitrogens with one attached hydrogen (secondary N) is 1. The average molecular weight is 351 g/mol. The molecule has 1 aromatic rings. The molecule has 138 valence electrons. The van der Waals surface area contributed by atoms with Gasteiger partial charge < -0.3 is 29.3 Å². The predicted molar refractivity (Wildman–Crippen MR) is 93.2 cm³/mol. The van der Waals surface area contributed by atoms with Crippen molar-refractivity contribution in [2.45, 2.75) is 6.92 Å². The summed E-state index contributed by atoms with van der Waals surface area (Å²) < 4.78 is 15.5. The summed E-state index contributed by atoms with van der Waals surface area (Å²) in [5.74, 6) is 1.29. The van der Waals surface area contributed by atoms with Gasteiger partial charge in [-0.05, 0) is 19.1 Å². The second-order valence-electron chi connectivity index (χ2n) is 5.49. The Kier molecular flexibility index (Phi) is 6.73. The van der Waals surface area contributed by atoms with E-state index in [1.807, 2.05) is 0 Å². The van der Waals surface area contributed by atoms with Crippen LogP contribution in [0.25, 0.3) is 0 Å². The molecular formula is C17H25N3O5. The summed E-state index contributed by atoms with van der Waals surface area (Å²) in [6.07, 6.45) is -0.325. The number of benzene rings is 1. The molecule has 0 bridgehead atoms. The molecule has 0 radical (unpaired) electrons. The highest BCUT2D eigenvalue weighted by Crippen LogP contribution is 2.28. The van der Waals surface area contributed by atoms with Gasteiger partial charge in [0.2, 0.25) is 5.91 Å². The van der Waals surface area contributed by atoms with Crippen LogP contribution in [-0.4, -0.2) is 75.4 Å². The number of rotatable bonds is 6. The van der Waals surface area contributed by atoms with Gasteiger partial charge in [-0.15, -0.1) is 0 Å². The molecule has 0 atom stereocenters. The Bertz CT molecular complexity index is 600. The highest BCUT2D eigenvalue weighted by atomic mass is 16.6. The van der Waals surface area contributed by atoms with Gasteiger partial charge in [0, 0.05) is 32.2 Å². The first kappa shape index (κ1) is 18.7. The maximum absolute atomic E-state index is 12.4. The normalized spacial score (nSPS) is 14.0. The monoisotopic (exact) mass is 351 g/mol. The van der Waals surface area contributed by atoms with Crippen molar-refractivity contribution < 1.29 is 23.8 Å². The molecule has 8 nitrogen and oxygen atoms in total. The van der Waals surface area contributed by atoms with E-state index >= 15 is 0 Å². The molecule has 8 heteroatoms. The first-order chi connectivity index (χ1) is 12.1. The Hall–Kier alpha value is -2.64. The number of nitrogens with zero attached hydrogens (tertiary/aromatic N) is 2. The molecule has 2 amide bonds. The van der Waals surface area contributed by atoms with Crippen molar-refractivity contribution in [2.24, 2.45) is 0 Å². The summed E-state index contributed by atoms with van der Waals surface area (Å²) in [6.45, 7) is 4.21. The lowest BCUT2D eigenvalue weighted by Gasteiger charge is -2.34. The number of hydrogen-bond donors (Lipinski definition) is 1. The van der Waals surface area contributed by atoms with Gasteiger partial charge in [0.15, 0.2) is 0 Å². The van der Waals surface area contributed by atoms with Crippen molar-refractivity contribution in [1.82, 2.24) is 9.80 Å². The van der Waals surface area contributed by atoms with E-state index in [1.165, 1.54) is 0 Å². The number of amides is 2. The molecule has 0 unspecified atom stereocenters. The van der Waals surface area contributed by atoms with E-state index in [0.29, 0.717) is 50.0 Å². The third kappa shape index (κ3) is 4.91. The van der Waals surface area contributed by atoms with E-state index < -0.39 is 0 Å². The smallest absolute Gasteiger partial charge is 0.409 e. The molecular weight excluding hydrogens is 326 g/mol. The highest BCUT2D eigenvalue weighted by molar-refractivity contribution is 5.82. The van der Waals surface area contributed by atoms with Gasteiger partial charge >= 0.3 is 6.09 Å². The zero-order valence-corrected chi connectivity index (χ0v) is 14.9. The zero-order chi connectivity index (χ0) is 18.2. The summed E-state index contributed by atoms with van der Waals surface area (Å²) in [5, 5.41) is 3.09. The molecule has 1 saturated heterocycles. The van der Waals surface area contributed by atoms with Gasteiger partial charge in [-0.3, -0.25) is 4.79 Å². The molecule has 2 rings (SSSR count). The molecule has 25 heavy (non-hydrogen) atoms. The lowest BCUT2D eigenvalue weighted by Crippen LogP contribution is -2.51. The second-order valence-corrected chi connectivity index (χ2v) is 5.49. The summed E-state index contributed by atoms with van der Waals surface area (Å²) >= 11 is 0. The van der Waals surface area contributed by atoms with Gasteiger partial charge in [-0.1, -0.05) is 0 Å². The Labute approximate surface area is 147 Å². The SMILES string of the molecule is CCOC(=O)N1CCN(C(=O)CNc2cc(OC)ccc2OC)CC1. The van der Waals surface area contributed by atoms with Gasteiger partial charge in [-0.2, -0.15) is 0 Å². The van der Waals surface area contributed by atoms with Crippen LogP contribution >= 0.6 is 0 Å². The maximum Gasteiger partial charge on any atom is 0.409 e. The fourth-order valence-electron chi connectivity index (χ4n) is 2.59.